The molecule has 3 aromatic rings. The van der Waals surface area contributed by atoms with Crippen molar-refractivity contribution in [1.29, 1.82) is 0 Å². The molecule has 1 saturated heterocycles. The maximum atomic E-state index is 6.92. The number of nitrogens with one attached hydrogen (secondary N) is 1. The lowest BCUT2D eigenvalue weighted by Gasteiger charge is -2.50. The molecule has 35 heavy (non-hydrogen) atoms. The van der Waals surface area contributed by atoms with Crippen molar-refractivity contribution in [2.45, 2.75) is 38.8 Å². The molecule has 2 aromatic carbocycles. The fourth-order valence-corrected chi connectivity index (χ4v) is 5.99. The van der Waals surface area contributed by atoms with Crippen molar-refractivity contribution in [3.63, 3.8) is 0 Å². The number of methoxy groups -OCH3 is 2. The molecule has 4 atom stereocenters. The lowest BCUT2D eigenvalue weighted by Crippen LogP contribution is -2.51. The molecule has 4 unspecified atom stereocenters. The summed E-state index contributed by atoms with van der Waals surface area (Å²) in [5.74, 6) is 2.85. The highest BCUT2D eigenvalue weighted by Crippen LogP contribution is 2.48. The first kappa shape index (κ1) is 25.4. The molecule has 4 rings (SSSR count). The second kappa shape index (κ2) is 10.9. The number of piperidine rings is 1. The first-order valence-electron chi connectivity index (χ1n) is 12.8. The van der Waals surface area contributed by atoms with Gasteiger partial charge in [0.25, 0.3) is 0 Å². The van der Waals surface area contributed by atoms with Gasteiger partial charge in [-0.2, -0.15) is 0 Å². The van der Waals surface area contributed by atoms with Crippen LogP contribution in [-0.4, -0.2) is 57.3 Å². The van der Waals surface area contributed by atoms with E-state index in [4.69, 9.17) is 15.2 Å². The smallest absolute Gasteiger partial charge is 0.161 e. The third kappa shape index (κ3) is 5.29. The summed E-state index contributed by atoms with van der Waals surface area (Å²) >= 11 is 0. The quantitative estimate of drug-likeness (QED) is 0.437. The van der Waals surface area contributed by atoms with Gasteiger partial charge in [0.2, 0.25) is 0 Å². The third-order valence-electron chi connectivity index (χ3n) is 7.75. The molecule has 0 aliphatic carbocycles. The van der Waals surface area contributed by atoms with Gasteiger partial charge in [0, 0.05) is 35.4 Å². The fourth-order valence-electron chi connectivity index (χ4n) is 5.99. The highest BCUT2D eigenvalue weighted by atomic mass is 16.5. The van der Waals surface area contributed by atoms with Gasteiger partial charge in [-0.25, -0.2) is 0 Å². The van der Waals surface area contributed by atoms with E-state index in [2.05, 4.69) is 79.1 Å². The summed E-state index contributed by atoms with van der Waals surface area (Å²) < 4.78 is 11.3. The SMILES string of the molecule is COc1ccc(C2C(C(C)C)C(C(N)CCN(C)C)CCN2c2ccc3[nH]ccc3c2)cc1OC. The molecule has 0 amide bonds. The second-order valence-electron chi connectivity index (χ2n) is 10.5. The Morgan fingerprint density at radius 3 is 2.51 bits per heavy atom. The predicted molar refractivity (Wildman–Crippen MR) is 146 cm³/mol. The van der Waals surface area contributed by atoms with E-state index in [1.54, 1.807) is 14.2 Å². The van der Waals surface area contributed by atoms with Gasteiger partial charge in [-0.1, -0.05) is 19.9 Å². The van der Waals surface area contributed by atoms with Crippen molar-refractivity contribution >= 4 is 16.6 Å². The molecule has 1 aliphatic rings. The lowest BCUT2D eigenvalue weighted by molar-refractivity contribution is 0.131. The van der Waals surface area contributed by atoms with Gasteiger partial charge < -0.3 is 30.0 Å². The molecule has 0 spiro atoms. The lowest BCUT2D eigenvalue weighted by atomic mass is 9.68. The van der Waals surface area contributed by atoms with Crippen LogP contribution in [0, 0.1) is 17.8 Å². The Labute approximate surface area is 210 Å². The van der Waals surface area contributed by atoms with E-state index in [1.165, 1.54) is 16.6 Å². The standard InChI is InChI=1S/C29H42N4O2/c1-19(2)28-23(24(30)13-15-32(3)4)12-16-33(22-8-9-25-20(17-22)11-14-31-25)29(28)21-7-10-26(34-5)27(18-21)35-6/h7-11,14,17-19,23-24,28-29,31H,12-13,15-16,30H2,1-6H3. The number of aromatic nitrogens is 1. The minimum atomic E-state index is 0.168. The van der Waals surface area contributed by atoms with E-state index < -0.39 is 0 Å². The van der Waals surface area contributed by atoms with Gasteiger partial charge in [0.05, 0.1) is 20.3 Å². The highest BCUT2D eigenvalue weighted by molar-refractivity contribution is 5.83. The summed E-state index contributed by atoms with van der Waals surface area (Å²) in [6, 6.07) is 15.7. The van der Waals surface area contributed by atoms with Crippen LogP contribution in [0.25, 0.3) is 10.9 Å². The first-order valence-corrected chi connectivity index (χ1v) is 12.8. The van der Waals surface area contributed by atoms with Crippen LogP contribution in [0.4, 0.5) is 5.69 Å². The number of rotatable bonds is 9. The van der Waals surface area contributed by atoms with Gasteiger partial charge in [-0.15, -0.1) is 0 Å². The number of hydrogen-bond donors (Lipinski definition) is 2. The number of nitrogens with zero attached hydrogens (tertiary/aromatic N) is 2. The van der Waals surface area contributed by atoms with Crippen molar-refractivity contribution in [2.75, 3.05) is 46.3 Å². The normalized spacial score (nSPS) is 21.6. The molecule has 0 saturated carbocycles. The summed E-state index contributed by atoms with van der Waals surface area (Å²) in [5, 5.41) is 1.24. The number of benzene rings is 2. The van der Waals surface area contributed by atoms with Crippen LogP contribution >= 0.6 is 0 Å². The molecule has 0 radical (unpaired) electrons. The van der Waals surface area contributed by atoms with Crippen LogP contribution in [0.15, 0.2) is 48.7 Å². The Morgan fingerprint density at radius 2 is 1.83 bits per heavy atom. The van der Waals surface area contributed by atoms with Crippen LogP contribution < -0.4 is 20.1 Å². The Morgan fingerprint density at radius 1 is 1.06 bits per heavy atom. The highest BCUT2D eigenvalue weighted by Gasteiger charge is 2.43. The van der Waals surface area contributed by atoms with Gasteiger partial charge in [0.15, 0.2) is 11.5 Å². The minimum absolute atomic E-state index is 0.168. The maximum absolute atomic E-state index is 6.92. The van der Waals surface area contributed by atoms with Crippen LogP contribution in [-0.2, 0) is 0 Å². The Bertz CT molecular complexity index is 1110. The summed E-state index contributed by atoms with van der Waals surface area (Å²) in [5.41, 5.74) is 10.6. The summed E-state index contributed by atoms with van der Waals surface area (Å²) in [6.45, 7) is 6.68. The first-order chi connectivity index (χ1) is 16.8. The number of H-pyrrole nitrogens is 1. The predicted octanol–water partition coefficient (Wildman–Crippen LogP) is 5.30. The average molecular weight is 479 g/mol. The van der Waals surface area contributed by atoms with Gasteiger partial charge in [-0.3, -0.25) is 0 Å². The topological polar surface area (TPSA) is 66.8 Å². The van der Waals surface area contributed by atoms with Crippen LogP contribution in [0.1, 0.15) is 38.3 Å². The third-order valence-corrected chi connectivity index (χ3v) is 7.75. The zero-order chi connectivity index (χ0) is 25.1. The minimum Gasteiger partial charge on any atom is -0.493 e. The van der Waals surface area contributed by atoms with Crippen LogP contribution in [0.2, 0.25) is 0 Å². The Kier molecular flexibility index (Phi) is 7.92. The molecular weight excluding hydrogens is 436 g/mol. The zero-order valence-electron chi connectivity index (χ0n) is 22.1. The van der Waals surface area contributed by atoms with E-state index in [-0.39, 0.29) is 12.1 Å². The van der Waals surface area contributed by atoms with Crippen molar-refractivity contribution in [3.05, 3.63) is 54.2 Å². The van der Waals surface area contributed by atoms with Gasteiger partial charge in [-0.05, 0) is 93.2 Å². The molecule has 2 heterocycles. The molecule has 0 bridgehead atoms. The second-order valence-corrected chi connectivity index (χ2v) is 10.5. The van der Waals surface area contributed by atoms with E-state index >= 15 is 0 Å². The van der Waals surface area contributed by atoms with E-state index in [1.807, 2.05) is 12.3 Å². The average Bonchev–Trinajstić information content (AvgIpc) is 3.33. The molecule has 1 fully saturated rings. The van der Waals surface area contributed by atoms with Gasteiger partial charge in [0.1, 0.15) is 0 Å². The number of anilines is 1. The summed E-state index contributed by atoms with van der Waals surface area (Å²) in [7, 11) is 7.64. The van der Waals surface area contributed by atoms with E-state index in [0.717, 1.165) is 42.9 Å². The summed E-state index contributed by atoms with van der Waals surface area (Å²) in [4.78, 5) is 8.15. The maximum Gasteiger partial charge on any atom is 0.161 e. The number of aromatic amines is 1. The molecule has 6 nitrogen and oxygen atoms in total. The number of nitrogens with two attached hydrogens (primary N) is 1. The summed E-state index contributed by atoms with van der Waals surface area (Å²) in [6.07, 6.45) is 4.11. The molecule has 3 N–H and O–H groups in total. The Balaban J connectivity index is 1.79. The largest absolute Gasteiger partial charge is 0.493 e. The van der Waals surface area contributed by atoms with Crippen molar-refractivity contribution in [3.8, 4) is 11.5 Å². The van der Waals surface area contributed by atoms with E-state index in [0.29, 0.717) is 17.8 Å². The fraction of sp³-hybridized carbons (Fsp3) is 0.517. The number of ether oxygens (including phenoxy) is 2. The molecular formula is C29H42N4O2. The number of fused-ring (bicyclic) bond motifs is 1. The van der Waals surface area contributed by atoms with Crippen molar-refractivity contribution in [1.82, 2.24) is 9.88 Å². The van der Waals surface area contributed by atoms with Crippen molar-refractivity contribution in [2.24, 2.45) is 23.5 Å². The van der Waals surface area contributed by atoms with E-state index in [9.17, 15) is 0 Å². The Hall–Kier alpha value is -2.70. The van der Waals surface area contributed by atoms with Gasteiger partial charge >= 0.3 is 0 Å². The van der Waals surface area contributed by atoms with Crippen LogP contribution in [0.3, 0.4) is 0 Å². The zero-order valence-corrected chi connectivity index (χ0v) is 22.1. The monoisotopic (exact) mass is 478 g/mol. The molecule has 1 aromatic heterocycles. The van der Waals surface area contributed by atoms with Crippen molar-refractivity contribution < 1.29 is 9.47 Å². The number of hydrogen-bond acceptors (Lipinski definition) is 5. The molecule has 1 aliphatic heterocycles. The van der Waals surface area contributed by atoms with Crippen LogP contribution in [0.5, 0.6) is 11.5 Å². The molecule has 190 valence electrons. The molecule has 6 heteroatoms.